The van der Waals surface area contributed by atoms with Gasteiger partial charge in [-0.2, -0.15) is 5.10 Å². The van der Waals surface area contributed by atoms with Gasteiger partial charge in [0.1, 0.15) is 5.82 Å². The Morgan fingerprint density at radius 3 is 2.80 bits per heavy atom. The number of benzene rings is 1. The molecule has 1 saturated carbocycles. The van der Waals surface area contributed by atoms with Crippen LogP contribution in [0.1, 0.15) is 38.1 Å². The number of carbonyl (C=O) groups excluding carboxylic acids is 1. The summed E-state index contributed by atoms with van der Waals surface area (Å²) in [6.45, 7) is -0.305. The Labute approximate surface area is 144 Å². The Morgan fingerprint density at radius 1 is 1.28 bits per heavy atom. The summed E-state index contributed by atoms with van der Waals surface area (Å²) in [6.07, 6.45) is 7.34. The number of carbonyl (C=O) groups is 1. The molecule has 25 heavy (non-hydrogen) atoms. The molecule has 0 saturated heterocycles. The lowest BCUT2D eigenvalue weighted by molar-refractivity contribution is -0.385. The first-order valence-corrected chi connectivity index (χ1v) is 8.35. The molecule has 1 heterocycles. The number of amides is 1. The quantitative estimate of drug-likeness (QED) is 0.640. The molecule has 0 spiro atoms. The summed E-state index contributed by atoms with van der Waals surface area (Å²) in [4.78, 5) is 22.6. The van der Waals surface area contributed by atoms with Crippen molar-refractivity contribution in [2.45, 2.75) is 38.1 Å². The highest BCUT2D eigenvalue weighted by Crippen LogP contribution is 2.30. The van der Waals surface area contributed by atoms with E-state index in [2.05, 4.69) is 10.4 Å². The lowest BCUT2D eigenvalue weighted by Crippen LogP contribution is -2.24. The number of ether oxygens (including phenoxy) is 1. The average Bonchev–Trinajstić information content (AvgIpc) is 3.09. The third kappa shape index (κ3) is 4.14. The fourth-order valence-corrected chi connectivity index (χ4v) is 3.08. The topological polar surface area (TPSA) is 99.3 Å². The van der Waals surface area contributed by atoms with Crippen molar-refractivity contribution in [2.24, 2.45) is 0 Å². The van der Waals surface area contributed by atoms with Gasteiger partial charge in [-0.1, -0.05) is 31.4 Å². The summed E-state index contributed by atoms with van der Waals surface area (Å²) < 4.78 is 7.16. The summed E-state index contributed by atoms with van der Waals surface area (Å²) >= 11 is 0. The van der Waals surface area contributed by atoms with E-state index < -0.39 is 4.92 Å². The van der Waals surface area contributed by atoms with Crippen LogP contribution in [0.3, 0.4) is 0 Å². The first kappa shape index (κ1) is 16.9. The molecule has 132 valence electrons. The van der Waals surface area contributed by atoms with Crippen LogP contribution in [-0.4, -0.2) is 27.2 Å². The van der Waals surface area contributed by atoms with Gasteiger partial charge in [-0.25, -0.2) is 4.68 Å². The lowest BCUT2D eigenvalue weighted by Gasteiger charge is -2.23. The molecule has 1 N–H and O–H groups in total. The fraction of sp³-hybridized carbons (Fsp3) is 0.412. The maximum atomic E-state index is 12.2. The molecular formula is C17H20N4O4. The van der Waals surface area contributed by atoms with Crippen molar-refractivity contribution in [3.05, 3.63) is 46.6 Å². The zero-order valence-electron chi connectivity index (χ0n) is 13.8. The average molecular weight is 344 g/mol. The Bertz CT molecular complexity index is 753. The van der Waals surface area contributed by atoms with Gasteiger partial charge in [-0.15, -0.1) is 0 Å². The number of anilines is 1. The number of hydrogen-bond acceptors (Lipinski definition) is 5. The molecule has 1 amide bonds. The van der Waals surface area contributed by atoms with Crippen molar-refractivity contribution in [3.63, 3.8) is 0 Å². The van der Waals surface area contributed by atoms with Gasteiger partial charge < -0.3 is 10.1 Å². The van der Waals surface area contributed by atoms with Gasteiger partial charge in [0.05, 0.1) is 17.2 Å². The molecule has 0 aliphatic heterocycles. The summed E-state index contributed by atoms with van der Waals surface area (Å²) in [7, 11) is 0. The number of nitro benzene ring substituents is 1. The molecule has 8 heteroatoms. The van der Waals surface area contributed by atoms with Crippen LogP contribution < -0.4 is 10.1 Å². The van der Waals surface area contributed by atoms with Crippen LogP contribution in [0.2, 0.25) is 0 Å². The molecule has 3 rings (SSSR count). The number of rotatable bonds is 6. The predicted octanol–water partition coefficient (Wildman–Crippen LogP) is 3.31. The van der Waals surface area contributed by atoms with E-state index >= 15 is 0 Å². The van der Waals surface area contributed by atoms with Gasteiger partial charge in [0.15, 0.2) is 12.4 Å². The van der Waals surface area contributed by atoms with Crippen LogP contribution in [0.5, 0.6) is 5.75 Å². The van der Waals surface area contributed by atoms with Crippen molar-refractivity contribution < 1.29 is 14.5 Å². The number of para-hydroxylation sites is 2. The molecule has 1 aromatic carbocycles. The molecule has 1 aliphatic rings. The Kier molecular flexibility index (Phi) is 5.27. The molecule has 0 bridgehead atoms. The standard InChI is InChI=1S/C17H20N4O4/c22-17(12-25-15-9-5-4-8-14(15)21(23)24)19-16-10-11-18-20(16)13-6-2-1-3-7-13/h4-5,8-11,13H,1-3,6-7,12H2,(H,19,22). The molecule has 0 unspecified atom stereocenters. The van der Waals surface area contributed by atoms with E-state index in [1.54, 1.807) is 24.4 Å². The van der Waals surface area contributed by atoms with E-state index in [0.717, 1.165) is 12.8 Å². The van der Waals surface area contributed by atoms with Crippen LogP contribution in [0.4, 0.5) is 11.5 Å². The second kappa shape index (κ2) is 7.78. The number of nitrogens with zero attached hydrogens (tertiary/aromatic N) is 3. The Morgan fingerprint density at radius 2 is 2.04 bits per heavy atom. The van der Waals surface area contributed by atoms with Gasteiger partial charge >= 0.3 is 5.69 Å². The largest absolute Gasteiger partial charge is 0.477 e. The first-order valence-electron chi connectivity index (χ1n) is 8.35. The highest BCUT2D eigenvalue weighted by Gasteiger charge is 2.20. The second-order valence-electron chi connectivity index (χ2n) is 6.01. The van der Waals surface area contributed by atoms with Crippen LogP contribution >= 0.6 is 0 Å². The summed E-state index contributed by atoms with van der Waals surface area (Å²) in [6, 6.07) is 8.03. The van der Waals surface area contributed by atoms with Crippen LogP contribution in [-0.2, 0) is 4.79 Å². The summed E-state index contributed by atoms with van der Waals surface area (Å²) in [5.41, 5.74) is -0.164. The van der Waals surface area contributed by atoms with Gasteiger partial charge in [-0.05, 0) is 18.9 Å². The van der Waals surface area contributed by atoms with Crippen LogP contribution in [0.15, 0.2) is 36.5 Å². The van der Waals surface area contributed by atoms with Crippen LogP contribution in [0, 0.1) is 10.1 Å². The van der Waals surface area contributed by atoms with Crippen molar-refractivity contribution in [3.8, 4) is 5.75 Å². The van der Waals surface area contributed by atoms with E-state index in [9.17, 15) is 14.9 Å². The van der Waals surface area contributed by atoms with E-state index in [0.29, 0.717) is 11.9 Å². The van der Waals surface area contributed by atoms with Crippen molar-refractivity contribution in [1.82, 2.24) is 9.78 Å². The molecule has 1 fully saturated rings. The minimum atomic E-state index is -0.536. The smallest absolute Gasteiger partial charge is 0.310 e. The molecule has 8 nitrogen and oxygen atoms in total. The van der Waals surface area contributed by atoms with Gasteiger partial charge in [0.2, 0.25) is 0 Å². The number of nitrogens with one attached hydrogen (secondary N) is 1. The second-order valence-corrected chi connectivity index (χ2v) is 6.01. The maximum absolute atomic E-state index is 12.2. The van der Waals surface area contributed by atoms with Crippen molar-refractivity contribution >= 4 is 17.4 Å². The molecule has 1 aliphatic carbocycles. The highest BCUT2D eigenvalue weighted by atomic mass is 16.6. The number of hydrogen-bond donors (Lipinski definition) is 1. The number of nitro groups is 1. The van der Waals surface area contributed by atoms with E-state index in [-0.39, 0.29) is 24.0 Å². The Balaban J connectivity index is 1.60. The molecule has 0 radical (unpaired) electrons. The number of aromatic nitrogens is 2. The predicted molar refractivity (Wildman–Crippen MR) is 91.6 cm³/mol. The molecule has 2 aromatic rings. The van der Waals surface area contributed by atoms with Gasteiger partial charge in [-0.3, -0.25) is 14.9 Å². The highest BCUT2D eigenvalue weighted by molar-refractivity contribution is 5.91. The summed E-state index contributed by atoms with van der Waals surface area (Å²) in [5, 5.41) is 18.0. The Hall–Kier alpha value is -2.90. The molecular weight excluding hydrogens is 324 g/mol. The molecule has 0 atom stereocenters. The normalized spacial score (nSPS) is 14.9. The fourth-order valence-electron chi connectivity index (χ4n) is 3.08. The monoisotopic (exact) mass is 344 g/mol. The SMILES string of the molecule is O=C(COc1ccccc1[N+](=O)[O-])Nc1ccnn1C1CCCCC1. The van der Waals surface area contributed by atoms with E-state index in [1.807, 2.05) is 4.68 Å². The van der Waals surface area contributed by atoms with Crippen molar-refractivity contribution in [1.29, 1.82) is 0 Å². The van der Waals surface area contributed by atoms with Crippen molar-refractivity contribution in [2.75, 3.05) is 11.9 Å². The van der Waals surface area contributed by atoms with E-state index in [4.69, 9.17) is 4.74 Å². The zero-order valence-corrected chi connectivity index (χ0v) is 13.8. The minimum Gasteiger partial charge on any atom is -0.477 e. The third-order valence-electron chi connectivity index (χ3n) is 4.28. The van der Waals surface area contributed by atoms with Gasteiger partial charge in [0, 0.05) is 12.1 Å². The van der Waals surface area contributed by atoms with Gasteiger partial charge in [0.25, 0.3) is 5.91 Å². The maximum Gasteiger partial charge on any atom is 0.310 e. The first-order chi connectivity index (χ1) is 12.1. The van der Waals surface area contributed by atoms with E-state index in [1.165, 1.54) is 31.4 Å². The minimum absolute atomic E-state index is 0.0726. The molecule has 1 aromatic heterocycles. The van der Waals surface area contributed by atoms with Crippen LogP contribution in [0.25, 0.3) is 0 Å². The third-order valence-corrected chi connectivity index (χ3v) is 4.28. The zero-order chi connectivity index (χ0) is 17.6. The summed E-state index contributed by atoms with van der Waals surface area (Å²) in [5.74, 6) is 0.321. The lowest BCUT2D eigenvalue weighted by atomic mass is 9.96.